The van der Waals surface area contributed by atoms with Crippen molar-refractivity contribution < 1.29 is 24.8 Å². The highest BCUT2D eigenvalue weighted by atomic mass is 32.2. The van der Waals surface area contributed by atoms with Gasteiger partial charge in [0.1, 0.15) is 11.5 Å². The number of halogens is 1. The molecule has 11 heteroatoms. The number of nitrogens with two attached hydrogens (primary N) is 1. The van der Waals surface area contributed by atoms with Crippen LogP contribution in [0.1, 0.15) is 13.4 Å². The number of benzene rings is 2. The molecule has 1 saturated heterocycles. The molecule has 4 aromatic rings. The second-order valence-corrected chi connectivity index (χ2v) is 9.95. The molecule has 1 fully saturated rings. The van der Waals surface area contributed by atoms with Crippen LogP contribution in [-0.2, 0) is 22.1 Å². The Balaban J connectivity index is 0.00000190. The van der Waals surface area contributed by atoms with Gasteiger partial charge in [0, 0.05) is 36.7 Å². The van der Waals surface area contributed by atoms with Crippen molar-refractivity contribution in [2.75, 3.05) is 26.0 Å². The van der Waals surface area contributed by atoms with E-state index >= 15 is 0 Å². The van der Waals surface area contributed by atoms with Crippen LogP contribution in [-0.4, -0.2) is 50.3 Å². The molecule has 1 aliphatic heterocycles. The minimum Gasteiger partial charge on any atom is -0.412 e. The summed E-state index contributed by atoms with van der Waals surface area (Å²) >= 11 is 0. The van der Waals surface area contributed by atoms with Crippen molar-refractivity contribution in [3.8, 4) is 34.0 Å². The number of nitrogen functional groups attached to an aromatic ring is 1. The average molecular weight is 514 g/mol. The van der Waals surface area contributed by atoms with Crippen molar-refractivity contribution in [3.05, 3.63) is 66.1 Å². The zero-order valence-electron chi connectivity index (χ0n) is 19.5. The molecule has 5 rings (SSSR count). The van der Waals surface area contributed by atoms with E-state index in [9.17, 15) is 8.60 Å². The van der Waals surface area contributed by atoms with E-state index in [1.54, 1.807) is 25.4 Å². The van der Waals surface area contributed by atoms with Crippen LogP contribution in [0.15, 0.2) is 64.1 Å². The lowest BCUT2D eigenvalue weighted by Crippen LogP contribution is -2.14. The van der Waals surface area contributed by atoms with Crippen LogP contribution in [0.4, 0.5) is 10.2 Å². The molecule has 0 saturated carbocycles. The normalized spacial score (nSPS) is 16.0. The van der Waals surface area contributed by atoms with Crippen LogP contribution in [0.25, 0.3) is 34.0 Å². The van der Waals surface area contributed by atoms with Gasteiger partial charge in [-0.2, -0.15) is 0 Å². The lowest BCUT2D eigenvalue weighted by molar-refractivity contribution is 0.199. The first-order valence-corrected chi connectivity index (χ1v) is 12.4. The number of nitrogens with zero attached hydrogens (tertiary/aromatic N) is 3. The maximum atomic E-state index is 14.6. The molecule has 2 aromatic heterocycles. The first kappa shape index (κ1) is 25.6. The second-order valence-electron chi connectivity index (χ2n) is 8.22. The first-order valence-electron chi connectivity index (χ1n) is 11.1. The summed E-state index contributed by atoms with van der Waals surface area (Å²) in [6.07, 6.45) is 2.36. The molecule has 0 bridgehead atoms. The van der Waals surface area contributed by atoms with Crippen molar-refractivity contribution in [3.63, 3.8) is 0 Å². The van der Waals surface area contributed by atoms with Crippen molar-refractivity contribution in [2.24, 2.45) is 0 Å². The Hall–Kier alpha value is -3.51. The summed E-state index contributed by atoms with van der Waals surface area (Å²) in [6, 6.07) is 13.9. The minimum absolute atomic E-state index is 0. The van der Waals surface area contributed by atoms with E-state index in [0.717, 1.165) is 22.4 Å². The molecule has 2 aromatic carbocycles. The maximum Gasteiger partial charge on any atom is 0.189 e. The summed E-state index contributed by atoms with van der Waals surface area (Å²) in [5, 5.41) is 7.03. The van der Waals surface area contributed by atoms with E-state index in [1.165, 1.54) is 6.07 Å². The Labute approximate surface area is 211 Å². The SMILES string of the molecule is CNCc1ccc(-c2cc(-c3nc(-c4ccc(S(=O)C5CCOC5)cc4)cnc3N)on2)c(F)c1.O.[HH]. The van der Waals surface area contributed by atoms with Crippen LogP contribution in [0.5, 0.6) is 0 Å². The number of anilines is 1. The fraction of sp³-hybridized carbons (Fsp3) is 0.240. The number of nitrogens with one attached hydrogen (secondary N) is 1. The summed E-state index contributed by atoms with van der Waals surface area (Å²) in [5.74, 6) is 0.0526. The predicted molar refractivity (Wildman–Crippen MR) is 137 cm³/mol. The molecule has 0 spiro atoms. The summed E-state index contributed by atoms with van der Waals surface area (Å²) < 4.78 is 38.1. The largest absolute Gasteiger partial charge is 0.412 e. The van der Waals surface area contributed by atoms with Gasteiger partial charge < -0.3 is 25.8 Å². The van der Waals surface area contributed by atoms with Gasteiger partial charge in [-0.05, 0) is 43.3 Å². The lowest BCUT2D eigenvalue weighted by Gasteiger charge is -2.09. The van der Waals surface area contributed by atoms with Crippen molar-refractivity contribution in [2.45, 2.75) is 23.1 Å². The lowest BCUT2D eigenvalue weighted by atomic mass is 10.1. The summed E-state index contributed by atoms with van der Waals surface area (Å²) in [6.45, 7) is 1.73. The van der Waals surface area contributed by atoms with E-state index in [0.29, 0.717) is 42.4 Å². The van der Waals surface area contributed by atoms with Gasteiger partial charge >= 0.3 is 0 Å². The first-order chi connectivity index (χ1) is 17.0. The quantitative estimate of drug-likeness (QED) is 0.383. The zero-order valence-corrected chi connectivity index (χ0v) is 20.3. The molecule has 2 unspecified atom stereocenters. The molecular weight excluding hydrogens is 485 g/mol. The molecule has 0 amide bonds. The minimum atomic E-state index is -1.12. The third kappa shape index (κ3) is 5.19. The highest BCUT2D eigenvalue weighted by Crippen LogP contribution is 2.31. The Morgan fingerprint density at radius 3 is 2.69 bits per heavy atom. The fourth-order valence-electron chi connectivity index (χ4n) is 3.95. The molecule has 9 nitrogen and oxygen atoms in total. The summed E-state index contributed by atoms with van der Waals surface area (Å²) in [5.41, 5.74) is 9.21. The molecule has 0 aliphatic carbocycles. The highest BCUT2D eigenvalue weighted by Gasteiger charge is 2.23. The Bertz CT molecular complexity index is 1380. The van der Waals surface area contributed by atoms with E-state index in [1.807, 2.05) is 30.3 Å². The smallest absolute Gasteiger partial charge is 0.189 e. The Kier molecular flexibility index (Phi) is 7.85. The number of rotatable bonds is 7. The van der Waals surface area contributed by atoms with Gasteiger partial charge in [-0.1, -0.05) is 23.4 Å². The van der Waals surface area contributed by atoms with Crippen molar-refractivity contribution >= 4 is 16.6 Å². The third-order valence-corrected chi connectivity index (χ3v) is 7.52. The average Bonchev–Trinajstić information content (AvgIpc) is 3.57. The van der Waals surface area contributed by atoms with Crippen LogP contribution in [0.3, 0.4) is 0 Å². The van der Waals surface area contributed by atoms with Gasteiger partial charge in [-0.3, -0.25) is 4.21 Å². The number of hydrogen-bond acceptors (Lipinski definition) is 8. The van der Waals surface area contributed by atoms with Crippen LogP contribution >= 0.6 is 0 Å². The Morgan fingerprint density at radius 2 is 2.00 bits per heavy atom. The Morgan fingerprint density at radius 1 is 1.19 bits per heavy atom. The second kappa shape index (κ2) is 11.0. The number of aromatic nitrogens is 3. The van der Waals surface area contributed by atoms with Gasteiger partial charge in [0.15, 0.2) is 17.3 Å². The molecule has 3 heterocycles. The highest BCUT2D eigenvalue weighted by molar-refractivity contribution is 7.85. The summed E-state index contributed by atoms with van der Waals surface area (Å²) in [7, 11) is 0.682. The van der Waals surface area contributed by atoms with E-state index in [-0.39, 0.29) is 23.7 Å². The van der Waals surface area contributed by atoms with Crippen LogP contribution in [0.2, 0.25) is 0 Å². The molecular formula is C25H28FN5O4S. The van der Waals surface area contributed by atoms with Gasteiger partial charge in [-0.25, -0.2) is 14.4 Å². The van der Waals surface area contributed by atoms with Gasteiger partial charge in [-0.15, -0.1) is 0 Å². The van der Waals surface area contributed by atoms with Gasteiger partial charge in [0.05, 0.1) is 34.5 Å². The monoisotopic (exact) mass is 513 g/mol. The zero-order chi connectivity index (χ0) is 24.4. The standard InChI is InChI=1S/C25H24FN5O3S.H2O.H2/c1-28-12-15-2-7-19(20(26)10-15)21-11-23(34-31-21)24-25(27)29-13-22(30-24)16-3-5-17(6-4-16)35(32)18-8-9-33-14-18;;/h2-7,10-11,13,18,28H,8-9,12,14H2,1H3,(H2,27,29);1H2;1H. The van der Waals surface area contributed by atoms with Crippen molar-refractivity contribution in [1.82, 2.24) is 20.4 Å². The van der Waals surface area contributed by atoms with Crippen molar-refractivity contribution in [1.29, 1.82) is 0 Å². The predicted octanol–water partition coefficient (Wildman–Crippen LogP) is 3.22. The number of hydrogen-bond donors (Lipinski definition) is 2. The molecule has 2 atom stereocenters. The van der Waals surface area contributed by atoms with E-state index in [2.05, 4.69) is 20.4 Å². The third-order valence-electron chi connectivity index (χ3n) is 5.81. The van der Waals surface area contributed by atoms with Crippen LogP contribution < -0.4 is 11.1 Å². The molecule has 5 N–H and O–H groups in total. The summed E-state index contributed by atoms with van der Waals surface area (Å²) in [4.78, 5) is 9.61. The fourth-order valence-corrected chi connectivity index (χ4v) is 5.27. The van der Waals surface area contributed by atoms with Gasteiger partial charge in [0.2, 0.25) is 0 Å². The number of ether oxygens (including phenoxy) is 1. The molecule has 36 heavy (non-hydrogen) atoms. The molecule has 1 aliphatic rings. The maximum absolute atomic E-state index is 14.6. The van der Waals surface area contributed by atoms with Crippen LogP contribution in [0, 0.1) is 5.82 Å². The topological polar surface area (TPSA) is 148 Å². The van der Waals surface area contributed by atoms with Gasteiger partial charge in [0.25, 0.3) is 0 Å². The molecule has 190 valence electrons. The van der Waals surface area contributed by atoms with E-state index < -0.39 is 16.6 Å². The van der Waals surface area contributed by atoms with E-state index in [4.69, 9.17) is 15.0 Å². The molecule has 0 radical (unpaired) electrons.